The highest BCUT2D eigenvalue weighted by Crippen LogP contribution is 2.38. The summed E-state index contributed by atoms with van der Waals surface area (Å²) in [5, 5.41) is 28.4. The van der Waals surface area contributed by atoms with E-state index in [0.29, 0.717) is 25.9 Å². The van der Waals surface area contributed by atoms with E-state index in [1.807, 2.05) is 34.6 Å². The second-order valence-electron chi connectivity index (χ2n) is 12.3. The van der Waals surface area contributed by atoms with Crippen LogP contribution in [0.3, 0.4) is 0 Å². The van der Waals surface area contributed by atoms with Crippen molar-refractivity contribution < 1.29 is 33.3 Å². The number of halogens is 2. The van der Waals surface area contributed by atoms with Crippen LogP contribution in [0.25, 0.3) is 5.69 Å². The molecule has 2 heterocycles. The van der Waals surface area contributed by atoms with E-state index in [0.717, 1.165) is 16.8 Å². The van der Waals surface area contributed by atoms with Gasteiger partial charge < -0.3 is 24.7 Å². The summed E-state index contributed by atoms with van der Waals surface area (Å²) in [5.74, 6) is -2.53. The molecular formula is C29H43F2N5O5. The van der Waals surface area contributed by atoms with E-state index >= 15 is 0 Å². The number of nitrogens with zero attached hydrogens (tertiary/aromatic N) is 5. The Morgan fingerprint density at radius 1 is 1.20 bits per heavy atom. The molecule has 0 spiro atoms. The zero-order valence-corrected chi connectivity index (χ0v) is 24.8. The molecule has 1 unspecified atom stereocenters. The maximum absolute atomic E-state index is 14.8. The highest BCUT2D eigenvalue weighted by Gasteiger charge is 2.48. The third-order valence-electron chi connectivity index (χ3n) is 7.47. The van der Waals surface area contributed by atoms with Gasteiger partial charge in [-0.3, -0.25) is 4.79 Å². The Labute approximate surface area is 240 Å². The number of amides is 2. The number of benzene rings is 1. The van der Waals surface area contributed by atoms with Gasteiger partial charge in [0.05, 0.1) is 17.8 Å². The van der Waals surface area contributed by atoms with Gasteiger partial charge in [-0.05, 0) is 49.1 Å². The van der Waals surface area contributed by atoms with E-state index in [1.54, 1.807) is 12.0 Å². The van der Waals surface area contributed by atoms with Crippen LogP contribution in [0.2, 0.25) is 0 Å². The summed E-state index contributed by atoms with van der Waals surface area (Å²) < 4.78 is 35.9. The van der Waals surface area contributed by atoms with Crippen LogP contribution < -0.4 is 0 Å². The lowest BCUT2D eigenvalue weighted by atomic mass is 9.74. The third kappa shape index (κ3) is 7.40. The predicted molar refractivity (Wildman–Crippen MR) is 149 cm³/mol. The number of piperidine rings is 1. The lowest BCUT2D eigenvalue weighted by Gasteiger charge is -2.52. The van der Waals surface area contributed by atoms with Gasteiger partial charge in [0.25, 0.3) is 5.91 Å². The van der Waals surface area contributed by atoms with Gasteiger partial charge in [0.2, 0.25) is 0 Å². The first kappa shape index (κ1) is 32.4. The summed E-state index contributed by atoms with van der Waals surface area (Å²) >= 11 is 0. The number of aliphatic hydroxyl groups is 1. The number of para-hydroxylation sites is 1. The molecule has 1 aromatic carbocycles. The normalized spacial score (nSPS) is 19.6. The van der Waals surface area contributed by atoms with Crippen molar-refractivity contribution in [3.05, 3.63) is 41.2 Å². The van der Waals surface area contributed by atoms with E-state index in [2.05, 4.69) is 10.3 Å². The van der Waals surface area contributed by atoms with Crippen LogP contribution in [0.15, 0.2) is 18.2 Å². The van der Waals surface area contributed by atoms with Crippen molar-refractivity contribution in [3.63, 3.8) is 0 Å². The number of carbonyl (C=O) groups is 2. The average molecular weight is 580 g/mol. The molecule has 12 heteroatoms. The molecule has 2 aromatic rings. The number of likely N-dealkylation sites (tertiary alicyclic amines) is 1. The van der Waals surface area contributed by atoms with Crippen molar-refractivity contribution in [2.45, 2.75) is 72.4 Å². The van der Waals surface area contributed by atoms with E-state index in [1.165, 1.54) is 11.0 Å². The Balaban J connectivity index is 2.16. The fourth-order valence-corrected chi connectivity index (χ4v) is 5.82. The Bertz CT molecular complexity index is 1180. The molecule has 3 atom stereocenters. The molecule has 228 valence electrons. The van der Waals surface area contributed by atoms with Gasteiger partial charge >= 0.3 is 6.09 Å². The number of ether oxygens (including phenoxy) is 1. The fourth-order valence-electron chi connectivity index (χ4n) is 5.82. The summed E-state index contributed by atoms with van der Waals surface area (Å²) in [7, 11) is 1.58. The Morgan fingerprint density at radius 3 is 2.39 bits per heavy atom. The quantitative estimate of drug-likeness (QED) is 0.379. The average Bonchev–Trinajstić information content (AvgIpc) is 3.31. The molecule has 1 aliphatic rings. The van der Waals surface area contributed by atoms with Crippen LogP contribution in [-0.2, 0) is 11.2 Å². The van der Waals surface area contributed by atoms with Crippen molar-refractivity contribution in [1.82, 2.24) is 24.8 Å². The minimum atomic E-state index is -1.12. The minimum Gasteiger partial charge on any atom is -0.465 e. The van der Waals surface area contributed by atoms with E-state index < -0.39 is 46.8 Å². The smallest absolute Gasteiger partial charge is 0.407 e. The van der Waals surface area contributed by atoms with Gasteiger partial charge in [0.1, 0.15) is 5.69 Å². The largest absolute Gasteiger partial charge is 0.465 e. The zero-order valence-electron chi connectivity index (χ0n) is 24.8. The minimum absolute atomic E-state index is 0.0107. The molecule has 10 nitrogen and oxygen atoms in total. The summed E-state index contributed by atoms with van der Waals surface area (Å²) in [6.07, 6.45) is 0.722. The van der Waals surface area contributed by atoms with Crippen molar-refractivity contribution in [1.29, 1.82) is 0 Å². The predicted octanol–water partition coefficient (Wildman–Crippen LogP) is 4.39. The van der Waals surface area contributed by atoms with Crippen LogP contribution in [0, 0.1) is 28.9 Å². The molecule has 2 N–H and O–H groups in total. The highest BCUT2D eigenvalue weighted by atomic mass is 19.1. The molecule has 0 aliphatic carbocycles. The van der Waals surface area contributed by atoms with Crippen LogP contribution in [0.4, 0.5) is 13.6 Å². The van der Waals surface area contributed by atoms with Crippen LogP contribution in [0.5, 0.6) is 0 Å². The molecule has 0 bridgehead atoms. The monoisotopic (exact) mass is 579 g/mol. The maximum atomic E-state index is 14.8. The first-order valence-corrected chi connectivity index (χ1v) is 14.1. The number of aromatic nitrogens is 3. The first-order valence-electron chi connectivity index (χ1n) is 14.1. The van der Waals surface area contributed by atoms with Crippen LogP contribution in [0.1, 0.15) is 70.1 Å². The number of hydrogen-bond acceptors (Lipinski definition) is 6. The topological polar surface area (TPSA) is 121 Å². The molecule has 1 saturated heterocycles. The van der Waals surface area contributed by atoms with Crippen molar-refractivity contribution in [3.8, 4) is 5.69 Å². The third-order valence-corrected chi connectivity index (χ3v) is 7.47. The van der Waals surface area contributed by atoms with Crippen LogP contribution in [-0.4, -0.2) is 92.5 Å². The fraction of sp³-hybridized carbons (Fsp3) is 0.655. The molecule has 0 radical (unpaired) electrons. The van der Waals surface area contributed by atoms with Gasteiger partial charge in [-0.25, -0.2) is 18.3 Å². The number of methoxy groups -OCH3 is 1. The zero-order chi connectivity index (χ0) is 30.5. The standard InChI is InChI=1S/C29H43F2N5O5/c1-18(2)15-34(23-14-19(17-37)16-35(28(39)40)26(23)29(3,4)5)27(38)24-22(12-7-8-13-41-6)36(33-32-24)25-20(30)10-9-11-21(25)31/h9-11,18-19,23,26,37H,7-8,12-17H2,1-6H3,(H,39,40)/t19-,23+,26?/m1/s1. The van der Waals surface area contributed by atoms with Crippen molar-refractivity contribution in [2.75, 3.05) is 33.4 Å². The number of rotatable bonds is 11. The molecule has 3 rings (SSSR count). The van der Waals surface area contributed by atoms with E-state index in [4.69, 9.17) is 4.74 Å². The van der Waals surface area contributed by atoms with E-state index in [9.17, 15) is 28.6 Å². The Morgan fingerprint density at radius 2 is 1.85 bits per heavy atom. The molecule has 1 aliphatic heterocycles. The summed E-state index contributed by atoms with van der Waals surface area (Å²) in [6.45, 7) is 10.4. The molecule has 1 aromatic heterocycles. The maximum Gasteiger partial charge on any atom is 0.407 e. The van der Waals surface area contributed by atoms with Gasteiger partial charge in [-0.1, -0.05) is 45.9 Å². The number of hydrogen-bond donors (Lipinski definition) is 2. The SMILES string of the molecule is COCCCCc1c(C(=O)N(CC(C)C)[C@H]2C[C@@H](CO)CN(C(=O)O)C2C(C)(C)C)nnn1-c1c(F)cccc1F. The summed E-state index contributed by atoms with van der Waals surface area (Å²) in [4.78, 5) is 29.8. The van der Waals surface area contributed by atoms with Gasteiger partial charge in [-0.15, -0.1) is 5.10 Å². The molecular weight excluding hydrogens is 536 g/mol. The Kier molecular flexibility index (Phi) is 10.8. The van der Waals surface area contributed by atoms with E-state index in [-0.39, 0.29) is 49.3 Å². The lowest BCUT2D eigenvalue weighted by Crippen LogP contribution is -2.65. The lowest BCUT2D eigenvalue weighted by molar-refractivity contribution is -0.0319. The second kappa shape index (κ2) is 13.7. The summed E-state index contributed by atoms with van der Waals surface area (Å²) in [5.41, 5.74) is -0.735. The number of aliphatic hydroxyl groups excluding tert-OH is 1. The van der Waals surface area contributed by atoms with Crippen molar-refractivity contribution in [2.24, 2.45) is 17.3 Å². The molecule has 0 saturated carbocycles. The second-order valence-corrected chi connectivity index (χ2v) is 12.3. The number of carboxylic acid groups (broad SMARTS) is 1. The number of carbonyl (C=O) groups excluding carboxylic acids is 1. The molecule has 1 fully saturated rings. The summed E-state index contributed by atoms with van der Waals surface area (Å²) in [6, 6.07) is 2.33. The highest BCUT2D eigenvalue weighted by molar-refractivity contribution is 5.94. The first-order chi connectivity index (χ1) is 19.3. The van der Waals surface area contributed by atoms with Gasteiger partial charge in [-0.2, -0.15) is 0 Å². The van der Waals surface area contributed by atoms with Crippen molar-refractivity contribution >= 4 is 12.0 Å². The number of unbranched alkanes of at least 4 members (excludes halogenated alkanes) is 1. The molecule has 41 heavy (non-hydrogen) atoms. The van der Waals surface area contributed by atoms with Gasteiger partial charge in [0.15, 0.2) is 17.3 Å². The van der Waals surface area contributed by atoms with Gasteiger partial charge in [0, 0.05) is 39.3 Å². The molecule has 2 amide bonds. The Hall–Kier alpha value is -3.12. The van der Waals surface area contributed by atoms with Crippen LogP contribution >= 0.6 is 0 Å².